The van der Waals surface area contributed by atoms with Crippen molar-refractivity contribution in [2.45, 2.75) is 57.3 Å². The Kier molecular flexibility index (Phi) is 7.99. The molecule has 1 aliphatic heterocycles. The van der Waals surface area contributed by atoms with Crippen LogP contribution in [0.2, 0.25) is 0 Å². The van der Waals surface area contributed by atoms with Gasteiger partial charge in [-0.1, -0.05) is 12.1 Å². The van der Waals surface area contributed by atoms with Crippen LogP contribution in [-0.4, -0.2) is 55.4 Å². The molecule has 1 saturated heterocycles. The van der Waals surface area contributed by atoms with Gasteiger partial charge >= 0.3 is 0 Å². The van der Waals surface area contributed by atoms with Crippen molar-refractivity contribution >= 4 is 22.8 Å². The number of likely N-dealkylation sites (tertiary alicyclic amines) is 1. The zero-order valence-corrected chi connectivity index (χ0v) is 20.5. The smallest absolute Gasteiger partial charge is 0.264 e. The second-order valence-corrected chi connectivity index (χ2v) is 9.60. The van der Waals surface area contributed by atoms with Crippen molar-refractivity contribution in [3.8, 4) is 0 Å². The minimum absolute atomic E-state index is 0.0338. The Morgan fingerprint density at radius 3 is 2.54 bits per heavy atom. The molecule has 1 aromatic carbocycles. The van der Waals surface area contributed by atoms with E-state index in [9.17, 15) is 29.0 Å². The molecular formula is C27H31FN4O5. The maximum atomic E-state index is 13.1. The Balaban J connectivity index is 1.51. The number of aliphatic hydroxyl groups is 2. The van der Waals surface area contributed by atoms with Gasteiger partial charge in [0.15, 0.2) is 5.79 Å². The Labute approximate surface area is 213 Å². The van der Waals surface area contributed by atoms with E-state index >= 15 is 0 Å². The zero-order chi connectivity index (χ0) is 26.6. The minimum atomic E-state index is -1.96. The normalized spacial score (nSPS) is 14.4. The molecule has 4 N–H and O–H groups in total. The van der Waals surface area contributed by atoms with Crippen LogP contribution in [0.3, 0.4) is 0 Å². The summed E-state index contributed by atoms with van der Waals surface area (Å²) in [5, 5.41) is 20.8. The van der Waals surface area contributed by atoms with Crippen molar-refractivity contribution in [1.29, 1.82) is 0 Å². The van der Waals surface area contributed by atoms with E-state index in [4.69, 9.17) is 5.73 Å². The van der Waals surface area contributed by atoms with Gasteiger partial charge in [0, 0.05) is 45.1 Å². The molecule has 4 rings (SSSR count). The Hall–Kier alpha value is -3.63. The number of hydrogen-bond acceptors (Lipinski definition) is 6. The van der Waals surface area contributed by atoms with Gasteiger partial charge in [0.25, 0.3) is 11.5 Å². The molecule has 0 saturated carbocycles. The Morgan fingerprint density at radius 1 is 1.08 bits per heavy atom. The maximum absolute atomic E-state index is 13.1. The SMILES string of the molecule is NC(=O)c1cc2ncc(CCCC(O)(O)Cc3ccc(F)cc3)cc2n(CCN2CCCCC2=O)c1=O. The molecule has 0 unspecified atom stereocenters. The van der Waals surface area contributed by atoms with Crippen molar-refractivity contribution in [2.24, 2.45) is 5.73 Å². The summed E-state index contributed by atoms with van der Waals surface area (Å²) in [5.41, 5.74) is 7.06. The number of pyridine rings is 2. The summed E-state index contributed by atoms with van der Waals surface area (Å²) >= 11 is 0. The van der Waals surface area contributed by atoms with Crippen molar-refractivity contribution in [3.63, 3.8) is 0 Å². The number of carbonyl (C=O) groups excluding carboxylic acids is 2. The monoisotopic (exact) mass is 510 g/mol. The number of carbonyl (C=O) groups is 2. The number of nitrogens with two attached hydrogens (primary N) is 1. The third kappa shape index (κ3) is 6.58. The molecule has 10 heteroatoms. The van der Waals surface area contributed by atoms with Gasteiger partial charge in [-0.15, -0.1) is 0 Å². The standard InChI is InChI=1S/C27H31FN4O5/c28-20-8-6-18(7-9-20)16-27(36,37)10-3-4-19-14-23-22(30-17-19)15-21(25(29)34)26(35)32(23)13-12-31-11-2-1-5-24(31)33/h6-9,14-15,17,36-37H,1-5,10-13,16H2,(H2,29,34). The topological polar surface area (TPSA) is 139 Å². The lowest BCUT2D eigenvalue weighted by molar-refractivity contribution is -0.164. The van der Waals surface area contributed by atoms with E-state index in [-0.39, 0.29) is 30.9 Å². The number of benzene rings is 1. The molecule has 1 fully saturated rings. The van der Waals surface area contributed by atoms with E-state index in [0.717, 1.165) is 18.4 Å². The molecule has 0 bridgehead atoms. The highest BCUT2D eigenvalue weighted by atomic mass is 19.1. The van der Waals surface area contributed by atoms with Crippen molar-refractivity contribution in [1.82, 2.24) is 14.5 Å². The largest absolute Gasteiger partial charge is 0.365 e. The average molecular weight is 511 g/mol. The van der Waals surface area contributed by atoms with E-state index < -0.39 is 23.1 Å². The van der Waals surface area contributed by atoms with Gasteiger partial charge in [0.1, 0.15) is 11.4 Å². The number of piperidine rings is 1. The molecule has 2 aromatic heterocycles. The Bertz CT molecular complexity index is 1350. The van der Waals surface area contributed by atoms with Crippen LogP contribution in [-0.2, 0) is 24.2 Å². The van der Waals surface area contributed by atoms with Gasteiger partial charge in [0.05, 0.1) is 11.0 Å². The van der Waals surface area contributed by atoms with E-state index in [1.165, 1.54) is 34.9 Å². The summed E-state index contributed by atoms with van der Waals surface area (Å²) in [7, 11) is 0. The minimum Gasteiger partial charge on any atom is -0.365 e. The first kappa shape index (κ1) is 26.4. The van der Waals surface area contributed by atoms with Crippen LogP contribution in [0, 0.1) is 5.82 Å². The number of rotatable bonds is 10. The molecule has 196 valence electrons. The molecule has 0 radical (unpaired) electrons. The second kappa shape index (κ2) is 11.2. The molecule has 9 nitrogen and oxygen atoms in total. The number of fused-ring (bicyclic) bond motifs is 1. The number of amides is 2. The van der Waals surface area contributed by atoms with E-state index in [1.807, 2.05) is 0 Å². The number of halogens is 1. The second-order valence-electron chi connectivity index (χ2n) is 9.60. The van der Waals surface area contributed by atoms with E-state index in [2.05, 4.69) is 4.98 Å². The fourth-order valence-electron chi connectivity index (χ4n) is 4.73. The van der Waals surface area contributed by atoms with Crippen molar-refractivity contribution in [3.05, 3.63) is 75.5 Å². The molecule has 37 heavy (non-hydrogen) atoms. The molecule has 3 aromatic rings. The van der Waals surface area contributed by atoms with E-state index in [0.29, 0.717) is 48.9 Å². The summed E-state index contributed by atoms with van der Waals surface area (Å²) in [6.07, 6.45) is 4.80. The first-order chi connectivity index (χ1) is 17.6. The predicted molar refractivity (Wildman–Crippen MR) is 135 cm³/mol. The molecule has 1 aliphatic rings. The van der Waals surface area contributed by atoms with Gasteiger partial charge in [-0.25, -0.2) is 4.39 Å². The Morgan fingerprint density at radius 2 is 1.84 bits per heavy atom. The third-order valence-electron chi connectivity index (χ3n) is 6.72. The fourth-order valence-corrected chi connectivity index (χ4v) is 4.73. The molecule has 3 heterocycles. The number of aromatic nitrogens is 2. The van der Waals surface area contributed by atoms with Crippen LogP contribution in [0.25, 0.3) is 11.0 Å². The van der Waals surface area contributed by atoms with E-state index in [1.54, 1.807) is 17.2 Å². The fraction of sp³-hybridized carbons (Fsp3) is 0.407. The molecule has 2 amide bonds. The average Bonchev–Trinajstić information content (AvgIpc) is 2.85. The summed E-state index contributed by atoms with van der Waals surface area (Å²) in [4.78, 5) is 43.3. The number of hydrogen-bond donors (Lipinski definition) is 3. The third-order valence-corrected chi connectivity index (χ3v) is 6.72. The number of primary amides is 1. The highest BCUT2D eigenvalue weighted by molar-refractivity contribution is 5.95. The van der Waals surface area contributed by atoms with Crippen LogP contribution in [0.1, 0.15) is 53.6 Å². The van der Waals surface area contributed by atoms with Gasteiger partial charge in [-0.3, -0.25) is 19.4 Å². The number of nitrogens with zero attached hydrogens (tertiary/aromatic N) is 3. The van der Waals surface area contributed by atoms with Crippen LogP contribution in [0.4, 0.5) is 4.39 Å². The quantitative estimate of drug-likeness (QED) is 0.356. The number of aryl methyl sites for hydroxylation is 1. The zero-order valence-electron chi connectivity index (χ0n) is 20.5. The van der Waals surface area contributed by atoms with Crippen LogP contribution in [0.15, 0.2) is 47.4 Å². The summed E-state index contributed by atoms with van der Waals surface area (Å²) in [6.45, 7) is 1.16. The summed E-state index contributed by atoms with van der Waals surface area (Å²) in [5.74, 6) is -3.14. The predicted octanol–water partition coefficient (Wildman–Crippen LogP) is 1.89. The van der Waals surface area contributed by atoms with Gasteiger partial charge < -0.3 is 25.4 Å². The van der Waals surface area contributed by atoms with Crippen LogP contribution < -0.4 is 11.3 Å². The van der Waals surface area contributed by atoms with Gasteiger partial charge in [-0.05, 0) is 61.1 Å². The summed E-state index contributed by atoms with van der Waals surface area (Å²) < 4.78 is 14.5. The lowest BCUT2D eigenvalue weighted by Crippen LogP contribution is -2.39. The first-order valence-electron chi connectivity index (χ1n) is 12.4. The molecular weight excluding hydrogens is 479 g/mol. The lowest BCUT2D eigenvalue weighted by atomic mass is 9.98. The van der Waals surface area contributed by atoms with Crippen LogP contribution >= 0.6 is 0 Å². The van der Waals surface area contributed by atoms with Crippen molar-refractivity contribution < 1.29 is 24.2 Å². The lowest BCUT2D eigenvalue weighted by Gasteiger charge is -2.27. The van der Waals surface area contributed by atoms with Crippen LogP contribution in [0.5, 0.6) is 0 Å². The van der Waals surface area contributed by atoms with Crippen molar-refractivity contribution in [2.75, 3.05) is 13.1 Å². The maximum Gasteiger partial charge on any atom is 0.264 e. The highest BCUT2D eigenvalue weighted by Gasteiger charge is 2.23. The molecule has 0 aliphatic carbocycles. The summed E-state index contributed by atoms with van der Waals surface area (Å²) in [6, 6.07) is 8.75. The molecule has 0 atom stereocenters. The molecule has 0 spiro atoms. The highest BCUT2D eigenvalue weighted by Crippen LogP contribution is 2.20. The first-order valence-corrected chi connectivity index (χ1v) is 12.4. The van der Waals surface area contributed by atoms with Gasteiger partial charge in [-0.2, -0.15) is 0 Å². The van der Waals surface area contributed by atoms with Gasteiger partial charge in [0.2, 0.25) is 5.91 Å².